The molecule has 0 aliphatic rings. The second-order valence-electron chi connectivity index (χ2n) is 6.21. The summed E-state index contributed by atoms with van der Waals surface area (Å²) < 4.78 is 25.3. The van der Waals surface area contributed by atoms with Crippen molar-refractivity contribution in [3.63, 3.8) is 0 Å². The molecule has 6 heteroatoms. The molecule has 0 aromatic carbocycles. The van der Waals surface area contributed by atoms with Crippen LogP contribution in [0.2, 0.25) is 0 Å². The van der Waals surface area contributed by atoms with E-state index in [-0.39, 0.29) is 23.6 Å². The van der Waals surface area contributed by atoms with Crippen LogP contribution in [0.3, 0.4) is 0 Å². The Balaban J connectivity index is 4.80. The van der Waals surface area contributed by atoms with E-state index in [1.165, 1.54) is 0 Å². The van der Waals surface area contributed by atoms with Gasteiger partial charge in [-0.15, -0.1) is 0 Å². The first-order valence-electron chi connectivity index (χ1n) is 6.13. The largest absolute Gasteiger partial charge is 0.480 e. The Morgan fingerprint density at radius 2 is 1.78 bits per heavy atom. The van der Waals surface area contributed by atoms with Gasteiger partial charge in [-0.05, 0) is 17.8 Å². The van der Waals surface area contributed by atoms with E-state index in [4.69, 9.17) is 5.11 Å². The Hall–Kier alpha value is -0.620. The van der Waals surface area contributed by atoms with Gasteiger partial charge >= 0.3 is 5.97 Å². The van der Waals surface area contributed by atoms with Crippen LogP contribution in [-0.2, 0) is 14.8 Å². The van der Waals surface area contributed by atoms with Crippen LogP contribution in [0.25, 0.3) is 0 Å². The van der Waals surface area contributed by atoms with Crippen molar-refractivity contribution < 1.29 is 18.3 Å². The minimum Gasteiger partial charge on any atom is -0.480 e. The van der Waals surface area contributed by atoms with Crippen molar-refractivity contribution in [2.24, 2.45) is 11.3 Å². The molecular weight excluding hydrogens is 254 g/mol. The summed E-state index contributed by atoms with van der Waals surface area (Å²) in [6, 6.07) is 0. The van der Waals surface area contributed by atoms with E-state index >= 15 is 0 Å². The van der Waals surface area contributed by atoms with Crippen molar-refractivity contribution in [3.8, 4) is 0 Å². The highest BCUT2D eigenvalue weighted by Crippen LogP contribution is 2.20. The number of hydrogen-bond donors (Lipinski definition) is 1. The Kier molecular flexibility index (Phi) is 6.29. The molecule has 0 radical (unpaired) electrons. The average Bonchev–Trinajstić information content (AvgIpc) is 2.11. The average molecular weight is 279 g/mol. The fraction of sp³-hybridized carbons (Fsp3) is 0.917. The van der Waals surface area contributed by atoms with Crippen molar-refractivity contribution in [1.29, 1.82) is 0 Å². The molecule has 0 aromatic rings. The Bertz CT molecular complexity index is 368. The number of aliphatic carboxylic acids is 1. The van der Waals surface area contributed by atoms with Gasteiger partial charge in [0.1, 0.15) is 6.54 Å². The number of nitrogens with zero attached hydrogens (tertiary/aromatic N) is 1. The fourth-order valence-electron chi connectivity index (χ4n) is 1.40. The summed E-state index contributed by atoms with van der Waals surface area (Å²) in [6.07, 6.45) is 0.517. The third-order valence-electron chi connectivity index (χ3n) is 2.38. The molecule has 0 atom stereocenters. The molecule has 0 spiro atoms. The fourth-order valence-corrected chi connectivity index (χ4v) is 3.36. The van der Waals surface area contributed by atoms with Crippen molar-refractivity contribution >= 4 is 16.0 Å². The van der Waals surface area contributed by atoms with Crippen LogP contribution in [0.4, 0.5) is 0 Å². The monoisotopic (exact) mass is 279 g/mol. The molecule has 0 saturated heterocycles. The number of sulfonamides is 1. The van der Waals surface area contributed by atoms with E-state index in [1.54, 1.807) is 0 Å². The highest BCUT2D eigenvalue weighted by Gasteiger charge is 2.26. The Morgan fingerprint density at radius 1 is 1.28 bits per heavy atom. The smallest absolute Gasteiger partial charge is 0.318 e. The first-order chi connectivity index (χ1) is 7.94. The lowest BCUT2D eigenvalue weighted by atomic mass is 9.94. The highest BCUT2D eigenvalue weighted by atomic mass is 32.2. The molecule has 1 N–H and O–H groups in total. The number of carboxylic acid groups (broad SMARTS) is 1. The van der Waals surface area contributed by atoms with Gasteiger partial charge in [0.2, 0.25) is 10.0 Å². The zero-order chi connectivity index (χ0) is 14.6. The van der Waals surface area contributed by atoms with E-state index in [2.05, 4.69) is 0 Å². The first kappa shape index (κ1) is 17.4. The standard InChI is InChI=1S/C12H25NO4S/c1-10(2)8-13(9-11(14)15)18(16,17)7-6-12(3,4)5/h10H,6-9H2,1-5H3,(H,14,15). The van der Waals surface area contributed by atoms with Crippen LogP contribution in [0.5, 0.6) is 0 Å². The third kappa shape index (κ3) is 7.66. The van der Waals surface area contributed by atoms with E-state index in [1.807, 2.05) is 34.6 Å². The van der Waals surface area contributed by atoms with Gasteiger partial charge in [0.15, 0.2) is 0 Å². The van der Waals surface area contributed by atoms with E-state index in [9.17, 15) is 13.2 Å². The van der Waals surface area contributed by atoms with Gasteiger partial charge in [-0.1, -0.05) is 34.6 Å². The van der Waals surface area contributed by atoms with Crippen molar-refractivity contribution in [3.05, 3.63) is 0 Å². The lowest BCUT2D eigenvalue weighted by molar-refractivity contribution is -0.137. The minimum atomic E-state index is -3.49. The van der Waals surface area contributed by atoms with Gasteiger partial charge in [-0.2, -0.15) is 4.31 Å². The maximum Gasteiger partial charge on any atom is 0.318 e. The van der Waals surface area contributed by atoms with Gasteiger partial charge in [0.25, 0.3) is 0 Å². The van der Waals surface area contributed by atoms with Gasteiger partial charge in [-0.25, -0.2) is 8.42 Å². The van der Waals surface area contributed by atoms with Gasteiger partial charge < -0.3 is 5.11 Å². The summed E-state index contributed by atoms with van der Waals surface area (Å²) in [5, 5.41) is 8.78. The molecule has 5 nitrogen and oxygen atoms in total. The van der Waals surface area contributed by atoms with Gasteiger partial charge in [0.05, 0.1) is 5.75 Å². The number of carboxylic acids is 1. The van der Waals surface area contributed by atoms with E-state index in [0.29, 0.717) is 6.42 Å². The predicted molar refractivity (Wildman–Crippen MR) is 71.9 cm³/mol. The summed E-state index contributed by atoms with van der Waals surface area (Å²) in [5.74, 6) is -1.01. The zero-order valence-electron chi connectivity index (χ0n) is 11.9. The summed E-state index contributed by atoms with van der Waals surface area (Å²) in [5.41, 5.74) is -0.0835. The molecule has 0 aliphatic heterocycles. The lowest BCUT2D eigenvalue weighted by Gasteiger charge is -2.24. The van der Waals surface area contributed by atoms with Crippen LogP contribution >= 0.6 is 0 Å². The SMILES string of the molecule is CC(C)CN(CC(=O)O)S(=O)(=O)CCC(C)(C)C. The molecule has 0 aromatic heterocycles. The Labute approximate surface area is 110 Å². The summed E-state index contributed by atoms with van der Waals surface area (Å²) in [6.45, 7) is 9.43. The third-order valence-corrected chi connectivity index (χ3v) is 4.17. The van der Waals surface area contributed by atoms with Gasteiger partial charge in [0, 0.05) is 6.54 Å². The Morgan fingerprint density at radius 3 is 2.11 bits per heavy atom. The zero-order valence-corrected chi connectivity index (χ0v) is 12.7. The van der Waals surface area contributed by atoms with E-state index < -0.39 is 22.5 Å². The second-order valence-corrected chi connectivity index (χ2v) is 8.30. The van der Waals surface area contributed by atoms with Crippen LogP contribution in [-0.4, -0.2) is 42.6 Å². The van der Waals surface area contributed by atoms with Crippen molar-refractivity contribution in [1.82, 2.24) is 4.31 Å². The number of hydrogen-bond acceptors (Lipinski definition) is 3. The molecule has 0 fully saturated rings. The number of rotatable bonds is 7. The van der Waals surface area contributed by atoms with Crippen LogP contribution in [0.15, 0.2) is 0 Å². The minimum absolute atomic E-state index is 0.00347. The lowest BCUT2D eigenvalue weighted by Crippen LogP contribution is -2.40. The normalized spacial score (nSPS) is 13.3. The molecule has 0 aliphatic carbocycles. The molecule has 0 amide bonds. The van der Waals surface area contributed by atoms with Crippen LogP contribution in [0.1, 0.15) is 41.0 Å². The van der Waals surface area contributed by atoms with Crippen LogP contribution < -0.4 is 0 Å². The number of carbonyl (C=O) groups is 1. The molecule has 108 valence electrons. The van der Waals surface area contributed by atoms with Gasteiger partial charge in [-0.3, -0.25) is 4.79 Å². The molecule has 0 saturated carbocycles. The first-order valence-corrected chi connectivity index (χ1v) is 7.74. The predicted octanol–water partition coefficient (Wildman–Crippen LogP) is 1.79. The molecule has 0 rings (SSSR count). The quantitative estimate of drug-likeness (QED) is 0.771. The summed E-state index contributed by atoms with van der Waals surface area (Å²) >= 11 is 0. The summed E-state index contributed by atoms with van der Waals surface area (Å²) in [7, 11) is -3.49. The second kappa shape index (κ2) is 6.52. The van der Waals surface area contributed by atoms with Crippen molar-refractivity contribution in [2.45, 2.75) is 41.0 Å². The van der Waals surface area contributed by atoms with E-state index in [0.717, 1.165) is 4.31 Å². The topological polar surface area (TPSA) is 74.7 Å². The molecule has 0 unspecified atom stereocenters. The molecule has 0 heterocycles. The highest BCUT2D eigenvalue weighted by molar-refractivity contribution is 7.89. The molecule has 0 bridgehead atoms. The van der Waals surface area contributed by atoms with Crippen molar-refractivity contribution in [2.75, 3.05) is 18.8 Å². The maximum atomic E-state index is 12.1. The molecular formula is C12H25NO4S. The van der Waals surface area contributed by atoms with Crippen LogP contribution in [0, 0.1) is 11.3 Å². The maximum absolute atomic E-state index is 12.1. The molecule has 18 heavy (non-hydrogen) atoms. The summed E-state index contributed by atoms with van der Waals surface area (Å²) in [4.78, 5) is 10.7.